The standard InChI is InChI=1S/C23H29N3O6.C2H6/c1-17(2)10-12-25(15-20(27)24-18-7-4-3-5-8-18)21(28)16-26(13-11-22(29)30)23(31)19-9-6-14-32-19;1-2/h3-9,14,17H,10-13,15-16H2,1-2H3,(H,24,27)(H,29,30);1-2H3. The van der Waals surface area contributed by atoms with Gasteiger partial charge in [-0.2, -0.15) is 0 Å². The molecule has 0 fully saturated rings. The fraction of sp³-hybridized carbons (Fsp3) is 0.440. The summed E-state index contributed by atoms with van der Waals surface area (Å²) in [5.41, 5.74) is 0.616. The number of nitrogens with one attached hydrogen (secondary N) is 1. The number of aliphatic carboxylic acids is 1. The second kappa shape index (κ2) is 15.3. The molecule has 2 N–H and O–H groups in total. The van der Waals surface area contributed by atoms with Crippen molar-refractivity contribution >= 4 is 29.4 Å². The number of nitrogens with zero attached hydrogens (tertiary/aromatic N) is 2. The fourth-order valence-corrected chi connectivity index (χ4v) is 2.90. The molecular formula is C25H35N3O6. The van der Waals surface area contributed by atoms with Gasteiger partial charge in [-0.3, -0.25) is 19.2 Å². The van der Waals surface area contributed by atoms with Crippen LogP contribution in [-0.4, -0.2) is 64.8 Å². The predicted molar refractivity (Wildman–Crippen MR) is 129 cm³/mol. The highest BCUT2D eigenvalue weighted by molar-refractivity contribution is 5.97. The monoisotopic (exact) mass is 473 g/mol. The molecule has 3 amide bonds. The number of anilines is 1. The number of hydrogen-bond donors (Lipinski definition) is 2. The summed E-state index contributed by atoms with van der Waals surface area (Å²) in [6, 6.07) is 11.9. The maximum Gasteiger partial charge on any atom is 0.305 e. The van der Waals surface area contributed by atoms with Crippen molar-refractivity contribution in [1.82, 2.24) is 9.80 Å². The van der Waals surface area contributed by atoms with E-state index in [1.54, 1.807) is 24.3 Å². The van der Waals surface area contributed by atoms with Gasteiger partial charge in [0.1, 0.15) is 6.54 Å². The maximum absolute atomic E-state index is 13.0. The maximum atomic E-state index is 13.0. The molecule has 0 saturated heterocycles. The molecule has 1 aromatic carbocycles. The smallest absolute Gasteiger partial charge is 0.305 e. The van der Waals surface area contributed by atoms with Crippen LogP contribution in [0.25, 0.3) is 0 Å². The minimum atomic E-state index is -1.09. The molecule has 9 nitrogen and oxygen atoms in total. The second-order valence-electron chi connectivity index (χ2n) is 7.76. The van der Waals surface area contributed by atoms with Gasteiger partial charge in [0.2, 0.25) is 11.8 Å². The van der Waals surface area contributed by atoms with Crippen molar-refractivity contribution < 1.29 is 28.7 Å². The second-order valence-corrected chi connectivity index (χ2v) is 7.76. The lowest BCUT2D eigenvalue weighted by Gasteiger charge is -2.27. The first-order valence-electron chi connectivity index (χ1n) is 11.4. The molecule has 1 aromatic heterocycles. The highest BCUT2D eigenvalue weighted by atomic mass is 16.4. The topological polar surface area (TPSA) is 120 Å². The molecule has 2 aromatic rings. The van der Waals surface area contributed by atoms with Crippen LogP contribution in [0.2, 0.25) is 0 Å². The number of para-hydroxylation sites is 1. The van der Waals surface area contributed by atoms with Crippen LogP contribution < -0.4 is 5.32 Å². The van der Waals surface area contributed by atoms with Gasteiger partial charge in [-0.25, -0.2) is 0 Å². The molecule has 0 radical (unpaired) electrons. The molecule has 0 aliphatic heterocycles. The van der Waals surface area contributed by atoms with Crippen LogP contribution >= 0.6 is 0 Å². The van der Waals surface area contributed by atoms with Gasteiger partial charge in [0.25, 0.3) is 5.91 Å². The lowest BCUT2D eigenvalue weighted by Crippen LogP contribution is -2.46. The third kappa shape index (κ3) is 10.3. The van der Waals surface area contributed by atoms with Crippen LogP contribution in [0.15, 0.2) is 53.1 Å². The van der Waals surface area contributed by atoms with Crippen molar-refractivity contribution in [2.75, 3.05) is 31.5 Å². The summed E-state index contributed by atoms with van der Waals surface area (Å²) < 4.78 is 5.11. The highest BCUT2D eigenvalue weighted by Crippen LogP contribution is 2.10. The molecule has 0 bridgehead atoms. The number of carboxylic acids is 1. The molecule has 2 rings (SSSR count). The van der Waals surface area contributed by atoms with E-state index in [-0.39, 0.29) is 37.7 Å². The zero-order valence-electron chi connectivity index (χ0n) is 20.3. The van der Waals surface area contributed by atoms with Crippen molar-refractivity contribution in [2.24, 2.45) is 5.92 Å². The van der Waals surface area contributed by atoms with E-state index in [0.717, 1.165) is 4.90 Å². The van der Waals surface area contributed by atoms with Crippen LogP contribution in [0.1, 0.15) is 51.1 Å². The van der Waals surface area contributed by atoms with E-state index in [0.29, 0.717) is 24.6 Å². The Morgan fingerprint density at radius 3 is 2.18 bits per heavy atom. The van der Waals surface area contributed by atoms with Gasteiger partial charge in [0.15, 0.2) is 5.76 Å². The quantitative estimate of drug-likeness (QED) is 0.485. The predicted octanol–water partition coefficient (Wildman–Crippen LogP) is 3.74. The number of hydrogen-bond acceptors (Lipinski definition) is 5. The lowest BCUT2D eigenvalue weighted by molar-refractivity contribution is -0.138. The SMILES string of the molecule is CC.CC(C)CCN(CC(=O)Nc1ccccc1)C(=O)CN(CCC(=O)O)C(=O)c1ccco1. The van der Waals surface area contributed by atoms with Gasteiger partial charge in [-0.05, 0) is 36.6 Å². The minimum Gasteiger partial charge on any atom is -0.481 e. The lowest BCUT2D eigenvalue weighted by atomic mass is 10.1. The van der Waals surface area contributed by atoms with Crippen molar-refractivity contribution in [3.8, 4) is 0 Å². The molecule has 34 heavy (non-hydrogen) atoms. The molecule has 0 unspecified atom stereocenters. The zero-order valence-corrected chi connectivity index (χ0v) is 20.3. The van der Waals surface area contributed by atoms with E-state index < -0.39 is 17.8 Å². The Bertz CT molecular complexity index is 897. The summed E-state index contributed by atoms with van der Waals surface area (Å²) in [7, 11) is 0. The van der Waals surface area contributed by atoms with Crippen molar-refractivity contribution in [3.05, 3.63) is 54.5 Å². The van der Waals surface area contributed by atoms with Gasteiger partial charge < -0.3 is 24.6 Å². The normalized spacial score (nSPS) is 10.1. The first-order valence-corrected chi connectivity index (χ1v) is 11.4. The Hall–Kier alpha value is -3.62. The summed E-state index contributed by atoms with van der Waals surface area (Å²) in [4.78, 5) is 51.8. The van der Waals surface area contributed by atoms with Gasteiger partial charge in [-0.1, -0.05) is 45.9 Å². The Kier molecular flexibility index (Phi) is 12.8. The molecular weight excluding hydrogens is 438 g/mol. The number of benzene rings is 1. The average molecular weight is 474 g/mol. The van der Waals surface area contributed by atoms with E-state index in [2.05, 4.69) is 5.32 Å². The molecule has 0 saturated carbocycles. The molecule has 0 atom stereocenters. The number of furan rings is 1. The summed E-state index contributed by atoms with van der Waals surface area (Å²) in [5, 5.41) is 11.8. The number of rotatable bonds is 12. The zero-order chi connectivity index (χ0) is 25.5. The van der Waals surface area contributed by atoms with E-state index in [4.69, 9.17) is 9.52 Å². The van der Waals surface area contributed by atoms with E-state index in [1.807, 2.05) is 33.8 Å². The first kappa shape index (κ1) is 28.4. The number of amides is 3. The van der Waals surface area contributed by atoms with E-state index >= 15 is 0 Å². The highest BCUT2D eigenvalue weighted by Gasteiger charge is 2.25. The third-order valence-electron chi connectivity index (χ3n) is 4.66. The van der Waals surface area contributed by atoms with Crippen LogP contribution in [0, 0.1) is 5.92 Å². The third-order valence-corrected chi connectivity index (χ3v) is 4.66. The van der Waals surface area contributed by atoms with Gasteiger partial charge in [0, 0.05) is 18.8 Å². The minimum absolute atomic E-state index is 0.0127. The Balaban J connectivity index is 0.00000281. The molecule has 9 heteroatoms. The summed E-state index contributed by atoms with van der Waals surface area (Å²) in [6.45, 7) is 7.65. The van der Waals surface area contributed by atoms with Gasteiger partial charge >= 0.3 is 5.97 Å². The molecule has 0 aliphatic rings. The van der Waals surface area contributed by atoms with Crippen molar-refractivity contribution in [3.63, 3.8) is 0 Å². The molecule has 0 spiro atoms. The molecule has 0 aliphatic carbocycles. The first-order chi connectivity index (χ1) is 16.3. The number of carbonyl (C=O) groups is 4. The number of carboxylic acid groups (broad SMARTS) is 1. The van der Waals surface area contributed by atoms with Gasteiger partial charge in [0.05, 0.1) is 19.2 Å². The Morgan fingerprint density at radius 1 is 0.941 bits per heavy atom. The van der Waals surface area contributed by atoms with Gasteiger partial charge in [-0.15, -0.1) is 0 Å². The van der Waals surface area contributed by atoms with Crippen molar-refractivity contribution in [2.45, 2.75) is 40.5 Å². The molecule has 1 heterocycles. The van der Waals surface area contributed by atoms with Crippen LogP contribution in [0.4, 0.5) is 5.69 Å². The average Bonchev–Trinajstić information content (AvgIpc) is 3.35. The molecule has 186 valence electrons. The Morgan fingerprint density at radius 2 is 1.62 bits per heavy atom. The number of carbonyl (C=O) groups excluding carboxylic acids is 3. The summed E-state index contributed by atoms with van der Waals surface area (Å²) >= 11 is 0. The fourth-order valence-electron chi connectivity index (χ4n) is 2.90. The van der Waals surface area contributed by atoms with Crippen LogP contribution in [0.5, 0.6) is 0 Å². The van der Waals surface area contributed by atoms with Crippen molar-refractivity contribution in [1.29, 1.82) is 0 Å². The Labute approximate surface area is 200 Å². The van der Waals surface area contributed by atoms with Crippen LogP contribution in [-0.2, 0) is 14.4 Å². The van der Waals surface area contributed by atoms with Crippen LogP contribution in [0.3, 0.4) is 0 Å². The van der Waals surface area contributed by atoms with E-state index in [1.165, 1.54) is 23.3 Å². The summed E-state index contributed by atoms with van der Waals surface area (Å²) in [5.74, 6) is -2.16. The summed E-state index contributed by atoms with van der Waals surface area (Å²) in [6.07, 6.45) is 1.68. The van der Waals surface area contributed by atoms with E-state index in [9.17, 15) is 19.2 Å². The largest absolute Gasteiger partial charge is 0.481 e.